The number of phenolic OH excluding ortho intramolecular Hbond substituents is 1. The second-order valence-corrected chi connectivity index (χ2v) is 5.22. The summed E-state index contributed by atoms with van der Waals surface area (Å²) in [5, 5.41) is 56.0. The van der Waals surface area contributed by atoms with E-state index in [9.17, 15) is 5.11 Å². The van der Waals surface area contributed by atoms with Crippen molar-refractivity contribution in [3.05, 3.63) is 42.5 Å². The Bertz CT molecular complexity index is 623. The standard InChI is InChI=1S/C10H8O.C6H12O6/c11-10-7-3-5-8-4-1-2-6-9(8)10;7-1-2-3(8)4(9)5(10)6(11)12-2/h1-7,11H;2-11H,1H2/t;2-,3+,4+,5-,6-/m.1/s1. The zero-order chi connectivity index (χ0) is 17.0. The molecule has 1 aliphatic rings. The Morgan fingerprint density at radius 1 is 0.826 bits per heavy atom. The number of phenols is 1. The number of aromatic hydroxyl groups is 1. The summed E-state index contributed by atoms with van der Waals surface area (Å²) < 4.78 is 4.58. The lowest BCUT2D eigenvalue weighted by atomic mass is 10.00. The van der Waals surface area contributed by atoms with E-state index in [4.69, 9.17) is 25.5 Å². The number of ether oxygens (including phenoxy) is 1. The molecule has 0 unspecified atom stereocenters. The van der Waals surface area contributed by atoms with Gasteiger partial charge in [-0.1, -0.05) is 36.4 Å². The molecule has 2 aromatic rings. The molecule has 5 atom stereocenters. The van der Waals surface area contributed by atoms with Gasteiger partial charge in [-0.2, -0.15) is 0 Å². The molecule has 0 saturated carbocycles. The molecule has 6 N–H and O–H groups in total. The van der Waals surface area contributed by atoms with E-state index in [1.165, 1.54) is 0 Å². The van der Waals surface area contributed by atoms with Gasteiger partial charge in [0.15, 0.2) is 6.29 Å². The number of aliphatic hydroxyl groups excluding tert-OH is 5. The van der Waals surface area contributed by atoms with E-state index in [1.807, 2.05) is 36.4 Å². The fourth-order valence-electron chi connectivity index (χ4n) is 2.29. The van der Waals surface area contributed by atoms with Gasteiger partial charge >= 0.3 is 0 Å². The van der Waals surface area contributed by atoms with Gasteiger partial charge in [0.1, 0.15) is 30.2 Å². The molecule has 1 saturated heterocycles. The van der Waals surface area contributed by atoms with Crippen molar-refractivity contribution < 1.29 is 35.4 Å². The van der Waals surface area contributed by atoms with Gasteiger partial charge in [-0.3, -0.25) is 0 Å². The molecule has 23 heavy (non-hydrogen) atoms. The molecule has 0 amide bonds. The molecule has 2 aromatic carbocycles. The summed E-state index contributed by atoms with van der Waals surface area (Å²) in [5.41, 5.74) is 0. The van der Waals surface area contributed by atoms with Crippen LogP contribution in [0.3, 0.4) is 0 Å². The fourth-order valence-corrected chi connectivity index (χ4v) is 2.29. The van der Waals surface area contributed by atoms with Gasteiger partial charge in [0.2, 0.25) is 0 Å². The summed E-state index contributed by atoms with van der Waals surface area (Å²) in [6, 6.07) is 13.3. The Labute approximate surface area is 132 Å². The van der Waals surface area contributed by atoms with Crippen molar-refractivity contribution in [3.63, 3.8) is 0 Å². The van der Waals surface area contributed by atoms with Crippen LogP contribution in [0.25, 0.3) is 10.8 Å². The van der Waals surface area contributed by atoms with Crippen LogP contribution in [0.15, 0.2) is 42.5 Å². The van der Waals surface area contributed by atoms with Crippen molar-refractivity contribution in [2.75, 3.05) is 6.61 Å². The van der Waals surface area contributed by atoms with Crippen molar-refractivity contribution in [1.82, 2.24) is 0 Å². The number of hydrogen-bond acceptors (Lipinski definition) is 7. The van der Waals surface area contributed by atoms with E-state index in [0.717, 1.165) is 10.8 Å². The number of benzene rings is 2. The molecule has 3 rings (SSSR count). The summed E-state index contributed by atoms with van der Waals surface area (Å²) in [6.07, 6.45) is -7.04. The molecule has 1 heterocycles. The predicted molar refractivity (Wildman–Crippen MR) is 81.6 cm³/mol. The van der Waals surface area contributed by atoms with Gasteiger partial charge in [0, 0.05) is 5.39 Å². The zero-order valence-electron chi connectivity index (χ0n) is 12.2. The Balaban J connectivity index is 0.000000167. The molecule has 0 radical (unpaired) electrons. The van der Waals surface area contributed by atoms with Gasteiger partial charge in [-0.25, -0.2) is 0 Å². The van der Waals surface area contributed by atoms with E-state index in [0.29, 0.717) is 5.75 Å². The van der Waals surface area contributed by atoms with E-state index >= 15 is 0 Å². The molecule has 7 heteroatoms. The number of hydrogen-bond donors (Lipinski definition) is 6. The van der Waals surface area contributed by atoms with Gasteiger partial charge in [-0.15, -0.1) is 0 Å². The van der Waals surface area contributed by atoms with Crippen LogP contribution < -0.4 is 0 Å². The summed E-state index contributed by atoms with van der Waals surface area (Å²) in [4.78, 5) is 0. The normalized spacial score (nSPS) is 30.6. The van der Waals surface area contributed by atoms with Crippen LogP contribution in [-0.4, -0.2) is 68.0 Å². The summed E-state index contributed by atoms with van der Waals surface area (Å²) >= 11 is 0. The van der Waals surface area contributed by atoms with E-state index in [-0.39, 0.29) is 0 Å². The van der Waals surface area contributed by atoms with Crippen LogP contribution in [0, 0.1) is 0 Å². The number of aliphatic hydroxyl groups is 5. The topological polar surface area (TPSA) is 131 Å². The largest absolute Gasteiger partial charge is 0.507 e. The maximum Gasteiger partial charge on any atom is 0.184 e. The molecule has 1 fully saturated rings. The smallest absolute Gasteiger partial charge is 0.184 e. The lowest BCUT2D eigenvalue weighted by molar-refractivity contribution is -0.286. The van der Waals surface area contributed by atoms with Crippen molar-refractivity contribution in [3.8, 4) is 5.75 Å². The SMILES string of the molecule is OC[C@H]1O[C@@H](O)[C@H](O)[C@@H](O)[C@H]1O.Oc1cccc2ccccc12. The Kier molecular flexibility index (Phi) is 5.89. The number of fused-ring (bicyclic) bond motifs is 1. The van der Waals surface area contributed by atoms with E-state index in [2.05, 4.69) is 4.74 Å². The highest BCUT2D eigenvalue weighted by molar-refractivity contribution is 5.87. The van der Waals surface area contributed by atoms with Crippen LogP contribution in [0.5, 0.6) is 5.75 Å². The Hall–Kier alpha value is -1.74. The minimum atomic E-state index is -1.57. The zero-order valence-corrected chi connectivity index (χ0v) is 12.2. The van der Waals surface area contributed by atoms with Crippen LogP contribution in [0.1, 0.15) is 0 Å². The predicted octanol–water partition coefficient (Wildman–Crippen LogP) is -0.676. The highest BCUT2D eigenvalue weighted by Crippen LogP contribution is 2.23. The van der Waals surface area contributed by atoms with Gasteiger partial charge in [-0.05, 0) is 11.5 Å². The fraction of sp³-hybridized carbons (Fsp3) is 0.375. The van der Waals surface area contributed by atoms with Gasteiger partial charge in [0.25, 0.3) is 0 Å². The second-order valence-electron chi connectivity index (χ2n) is 5.22. The van der Waals surface area contributed by atoms with Crippen LogP contribution >= 0.6 is 0 Å². The molecular weight excluding hydrogens is 304 g/mol. The van der Waals surface area contributed by atoms with Crippen molar-refractivity contribution in [2.45, 2.75) is 30.7 Å². The third kappa shape index (κ3) is 3.97. The lowest BCUT2D eigenvalue weighted by Crippen LogP contribution is -2.58. The average Bonchev–Trinajstić information content (AvgIpc) is 2.57. The highest BCUT2D eigenvalue weighted by atomic mass is 16.6. The molecule has 0 bridgehead atoms. The maximum absolute atomic E-state index is 9.37. The highest BCUT2D eigenvalue weighted by Gasteiger charge is 2.42. The third-order valence-corrected chi connectivity index (χ3v) is 3.63. The molecule has 7 nitrogen and oxygen atoms in total. The minimum absolute atomic E-state index is 0.350. The quantitative estimate of drug-likeness (QED) is 0.410. The summed E-state index contributed by atoms with van der Waals surface area (Å²) in [5.74, 6) is 0.350. The van der Waals surface area contributed by atoms with E-state index < -0.39 is 37.3 Å². The first-order valence-corrected chi connectivity index (χ1v) is 7.11. The van der Waals surface area contributed by atoms with Crippen LogP contribution in [0.2, 0.25) is 0 Å². The third-order valence-electron chi connectivity index (χ3n) is 3.63. The monoisotopic (exact) mass is 324 g/mol. The maximum atomic E-state index is 9.37. The van der Waals surface area contributed by atoms with Crippen molar-refractivity contribution >= 4 is 10.8 Å². The summed E-state index contributed by atoms with van der Waals surface area (Å²) in [7, 11) is 0. The van der Waals surface area contributed by atoms with Crippen molar-refractivity contribution in [1.29, 1.82) is 0 Å². The van der Waals surface area contributed by atoms with Crippen LogP contribution in [0.4, 0.5) is 0 Å². The first kappa shape index (κ1) is 17.6. The number of rotatable bonds is 1. The van der Waals surface area contributed by atoms with Crippen LogP contribution in [-0.2, 0) is 4.74 Å². The molecule has 0 aliphatic carbocycles. The van der Waals surface area contributed by atoms with Gasteiger partial charge in [0.05, 0.1) is 6.61 Å². The average molecular weight is 324 g/mol. The van der Waals surface area contributed by atoms with Gasteiger partial charge < -0.3 is 35.4 Å². The first-order chi connectivity index (χ1) is 11.0. The molecule has 0 aromatic heterocycles. The van der Waals surface area contributed by atoms with Crippen molar-refractivity contribution in [2.24, 2.45) is 0 Å². The Morgan fingerprint density at radius 2 is 1.48 bits per heavy atom. The Morgan fingerprint density at radius 3 is 2.13 bits per heavy atom. The molecule has 126 valence electrons. The minimum Gasteiger partial charge on any atom is -0.507 e. The van der Waals surface area contributed by atoms with E-state index in [1.54, 1.807) is 6.07 Å². The second kappa shape index (κ2) is 7.69. The molecule has 0 spiro atoms. The molecular formula is C16H20O7. The lowest BCUT2D eigenvalue weighted by Gasteiger charge is -2.37. The summed E-state index contributed by atoms with van der Waals surface area (Å²) in [6.45, 7) is -0.526. The first-order valence-electron chi connectivity index (χ1n) is 7.11. The molecule has 1 aliphatic heterocycles.